The van der Waals surface area contributed by atoms with Crippen LogP contribution in [0.4, 0.5) is 0 Å². The minimum absolute atomic E-state index is 0.171. The highest BCUT2D eigenvalue weighted by Gasteiger charge is 2.72. The van der Waals surface area contributed by atoms with Gasteiger partial charge in [-0.05, 0) is 51.1 Å². The van der Waals surface area contributed by atoms with Crippen LogP contribution in [0.25, 0.3) is 0 Å². The number of ether oxygens (including phenoxy) is 4. The van der Waals surface area contributed by atoms with Gasteiger partial charge in [-0.2, -0.15) is 0 Å². The Bertz CT molecular complexity index is 1160. The van der Waals surface area contributed by atoms with Crippen molar-refractivity contribution in [3.05, 3.63) is 35.1 Å². The molecule has 2 heterocycles. The summed E-state index contributed by atoms with van der Waals surface area (Å²) in [6.45, 7) is 1.82. The summed E-state index contributed by atoms with van der Waals surface area (Å²) in [5, 5.41) is 30.8. The van der Waals surface area contributed by atoms with E-state index in [0.717, 1.165) is 18.1 Å². The molecule has 1 aromatic carbocycles. The molecule has 4 aliphatic rings. The van der Waals surface area contributed by atoms with E-state index >= 15 is 0 Å². The van der Waals surface area contributed by atoms with Crippen molar-refractivity contribution in [1.29, 1.82) is 0 Å². The van der Waals surface area contributed by atoms with Gasteiger partial charge in [0.15, 0.2) is 17.6 Å². The molecule has 1 saturated heterocycles. The van der Waals surface area contributed by atoms with Gasteiger partial charge < -0.3 is 39.2 Å². The van der Waals surface area contributed by atoms with Gasteiger partial charge in [0.1, 0.15) is 11.9 Å². The van der Waals surface area contributed by atoms with Crippen molar-refractivity contribution in [1.82, 2.24) is 4.90 Å². The van der Waals surface area contributed by atoms with Gasteiger partial charge in [-0.1, -0.05) is 6.07 Å². The van der Waals surface area contributed by atoms with Gasteiger partial charge in [0, 0.05) is 18.0 Å². The number of aliphatic hydroxyl groups excluding tert-OH is 1. The predicted octanol–water partition coefficient (Wildman–Crippen LogP) is 0.283. The lowest BCUT2D eigenvalue weighted by Gasteiger charge is -2.61. The van der Waals surface area contributed by atoms with Crippen molar-refractivity contribution < 1.29 is 48.7 Å². The number of piperidine rings is 1. The van der Waals surface area contributed by atoms with Gasteiger partial charge in [0.05, 0.1) is 24.5 Å². The fraction of sp³-hybridized carbons (Fsp3) is 0.560. The number of carbonyl (C=O) groups excluding carboxylic acids is 2. The highest BCUT2D eigenvalue weighted by molar-refractivity contribution is 5.84. The smallest absolute Gasteiger partial charge is 0.345 e. The topological polar surface area (TPSA) is 152 Å². The van der Waals surface area contributed by atoms with Crippen molar-refractivity contribution >= 4 is 17.9 Å². The summed E-state index contributed by atoms with van der Waals surface area (Å²) in [7, 11) is 3.51. The summed E-state index contributed by atoms with van der Waals surface area (Å²) in [5.41, 5.74) is -0.147. The number of methoxy groups -OCH3 is 1. The molecule has 1 aromatic rings. The molecule has 3 N–H and O–H groups in total. The number of likely N-dealkylation sites (N-methyl/N-ethyl adjacent to an activating group) is 1. The number of carboxylic acids is 1. The number of hydrogen-bond acceptors (Lipinski definition) is 10. The maximum Gasteiger partial charge on any atom is 0.345 e. The second kappa shape index (κ2) is 8.46. The standard InChI is InChI=1S/C25H29NO10/c1-12(27)23(31)35-16(22(29)30)11-18(28)34-15-6-7-25(32)17-10-13-4-5-14(33-3)20-19(13)24(25,21(15)36-20)8-9-26(17)2/h4-6,12,16-17,21,27,32H,7-11H2,1-3H3,(H,29,30)/t12-,16-,17-,21+,24+,25-/m0/s1. The number of aliphatic hydroxyl groups is 2. The molecule has 194 valence electrons. The van der Waals surface area contributed by atoms with Crippen LogP contribution in [-0.4, -0.2) is 88.8 Å². The first kappa shape index (κ1) is 24.5. The largest absolute Gasteiger partial charge is 0.493 e. The summed E-state index contributed by atoms with van der Waals surface area (Å²) < 4.78 is 22.3. The first-order valence-corrected chi connectivity index (χ1v) is 11.8. The average molecular weight is 504 g/mol. The Labute approximate surface area is 207 Å². The van der Waals surface area contributed by atoms with E-state index in [-0.39, 0.29) is 18.2 Å². The molecule has 36 heavy (non-hydrogen) atoms. The van der Waals surface area contributed by atoms with Crippen LogP contribution in [0.15, 0.2) is 24.0 Å². The van der Waals surface area contributed by atoms with Crippen LogP contribution in [0, 0.1) is 0 Å². The summed E-state index contributed by atoms with van der Waals surface area (Å²) in [6, 6.07) is 3.63. The molecule has 11 nitrogen and oxygen atoms in total. The predicted molar refractivity (Wildman–Crippen MR) is 121 cm³/mol. The minimum atomic E-state index is -1.82. The molecular weight excluding hydrogens is 474 g/mol. The van der Waals surface area contributed by atoms with Crippen LogP contribution in [0.3, 0.4) is 0 Å². The van der Waals surface area contributed by atoms with Crippen LogP contribution >= 0.6 is 0 Å². The number of carbonyl (C=O) groups is 3. The highest BCUT2D eigenvalue weighted by atomic mass is 16.6. The highest BCUT2D eigenvalue weighted by Crippen LogP contribution is 2.65. The summed E-state index contributed by atoms with van der Waals surface area (Å²) in [5.74, 6) is -2.45. The van der Waals surface area contributed by atoms with Gasteiger partial charge in [-0.15, -0.1) is 0 Å². The molecule has 0 saturated carbocycles. The fourth-order valence-electron chi connectivity index (χ4n) is 6.33. The second-order valence-corrected chi connectivity index (χ2v) is 9.90. The molecule has 5 rings (SSSR count). The lowest BCUT2D eigenvalue weighted by molar-refractivity contribution is -0.175. The number of rotatable bonds is 7. The molecule has 0 aromatic heterocycles. The number of likely N-dealkylation sites (tertiary alicyclic amines) is 1. The number of carboxylic acid groups (broad SMARTS) is 1. The van der Waals surface area contributed by atoms with Crippen molar-refractivity contribution in [3.63, 3.8) is 0 Å². The van der Waals surface area contributed by atoms with E-state index in [4.69, 9.17) is 18.9 Å². The molecule has 2 aliphatic heterocycles. The summed E-state index contributed by atoms with van der Waals surface area (Å²) in [4.78, 5) is 38.1. The van der Waals surface area contributed by atoms with Crippen molar-refractivity contribution in [3.8, 4) is 11.5 Å². The summed E-state index contributed by atoms with van der Waals surface area (Å²) >= 11 is 0. The van der Waals surface area contributed by atoms with E-state index in [1.807, 2.05) is 19.2 Å². The zero-order chi connectivity index (χ0) is 26.0. The molecule has 11 heteroatoms. The van der Waals surface area contributed by atoms with Crippen LogP contribution in [0.2, 0.25) is 0 Å². The first-order valence-electron chi connectivity index (χ1n) is 11.8. The summed E-state index contributed by atoms with van der Waals surface area (Å²) in [6.07, 6.45) is -1.95. The SMILES string of the molecule is COc1ccc2c3c1O[C@@H]1C(OC(=O)C[C@H](OC(=O)[C@H](C)O)C(=O)O)=CC[C@]4(O)[C@H](C2)N(C)CC[C@@]314. The van der Waals surface area contributed by atoms with Crippen molar-refractivity contribution in [2.45, 2.75) is 68.0 Å². The monoisotopic (exact) mass is 503 g/mol. The van der Waals surface area contributed by atoms with Gasteiger partial charge >= 0.3 is 17.9 Å². The zero-order valence-corrected chi connectivity index (χ0v) is 20.2. The van der Waals surface area contributed by atoms with E-state index in [9.17, 15) is 29.7 Å². The average Bonchev–Trinajstić information content (AvgIpc) is 3.18. The molecular formula is C25H29NO10. The number of esters is 2. The zero-order valence-electron chi connectivity index (χ0n) is 20.2. The van der Waals surface area contributed by atoms with Gasteiger partial charge in [-0.25, -0.2) is 9.59 Å². The first-order chi connectivity index (χ1) is 17.0. The number of hydrogen-bond donors (Lipinski definition) is 3. The van der Waals surface area contributed by atoms with E-state index in [1.54, 1.807) is 6.08 Å². The van der Waals surface area contributed by atoms with Gasteiger partial charge in [-0.3, -0.25) is 4.79 Å². The van der Waals surface area contributed by atoms with Crippen LogP contribution < -0.4 is 9.47 Å². The molecule has 1 fully saturated rings. The van der Waals surface area contributed by atoms with Crippen LogP contribution in [-0.2, 0) is 35.7 Å². The van der Waals surface area contributed by atoms with Crippen LogP contribution in [0.5, 0.6) is 11.5 Å². The number of aliphatic carboxylic acids is 1. The minimum Gasteiger partial charge on any atom is -0.493 e. The third-order valence-electron chi connectivity index (χ3n) is 8.02. The van der Waals surface area contributed by atoms with Crippen molar-refractivity contribution in [2.24, 2.45) is 0 Å². The Balaban J connectivity index is 1.48. The van der Waals surface area contributed by atoms with Gasteiger partial charge in [0.25, 0.3) is 0 Å². The number of benzene rings is 1. The van der Waals surface area contributed by atoms with E-state index in [1.165, 1.54) is 7.11 Å². The molecule has 0 unspecified atom stereocenters. The lowest BCUT2D eigenvalue weighted by atomic mass is 9.50. The molecule has 2 aliphatic carbocycles. The second-order valence-electron chi connectivity index (χ2n) is 9.90. The van der Waals surface area contributed by atoms with Crippen molar-refractivity contribution in [2.75, 3.05) is 20.7 Å². The molecule has 2 bridgehead atoms. The molecule has 0 amide bonds. The third kappa shape index (κ3) is 3.33. The Morgan fingerprint density at radius 2 is 2.06 bits per heavy atom. The normalized spacial score (nSPS) is 31.3. The molecule has 1 spiro atoms. The van der Waals surface area contributed by atoms with E-state index < -0.39 is 53.7 Å². The van der Waals surface area contributed by atoms with E-state index in [0.29, 0.717) is 30.9 Å². The van der Waals surface area contributed by atoms with Crippen LogP contribution in [0.1, 0.15) is 37.3 Å². The number of nitrogens with zero attached hydrogens (tertiary/aromatic N) is 1. The Morgan fingerprint density at radius 1 is 1.31 bits per heavy atom. The maximum atomic E-state index is 12.8. The molecule has 6 atom stereocenters. The van der Waals surface area contributed by atoms with E-state index in [2.05, 4.69) is 4.90 Å². The quantitative estimate of drug-likeness (QED) is 0.440. The Kier molecular flexibility index (Phi) is 5.77. The Hall–Kier alpha value is -3.15. The molecule has 0 radical (unpaired) electrons. The van der Waals surface area contributed by atoms with Gasteiger partial charge in [0.2, 0.25) is 6.10 Å². The Morgan fingerprint density at radius 3 is 2.72 bits per heavy atom. The lowest BCUT2D eigenvalue weighted by Crippen LogP contribution is -2.74. The third-order valence-corrected chi connectivity index (χ3v) is 8.02. The fourth-order valence-corrected chi connectivity index (χ4v) is 6.33. The maximum absolute atomic E-state index is 12.8.